The molecule has 1 aromatic heterocycles. The van der Waals surface area contributed by atoms with Crippen LogP contribution in [0.4, 0.5) is 0 Å². The molecule has 12 atom stereocenters. The predicted molar refractivity (Wildman–Crippen MR) is 409 cm³/mol. The Kier molecular flexibility index (Phi) is 33.5. The molecular weight excluding hydrogens is 1470 g/mol. The van der Waals surface area contributed by atoms with Crippen LogP contribution in [0, 0.1) is 5.92 Å². The van der Waals surface area contributed by atoms with Crippen molar-refractivity contribution in [2.24, 2.45) is 17.4 Å². The van der Waals surface area contributed by atoms with Gasteiger partial charge in [-0.15, -0.1) is 0 Å². The molecule has 606 valence electrons. The molecule has 1 saturated heterocycles. The predicted octanol–water partition coefficient (Wildman–Crippen LogP) is -1.54. The number of nitrogens with one attached hydrogen (secondary N) is 12. The maximum atomic E-state index is 15.0. The van der Waals surface area contributed by atoms with Gasteiger partial charge in [0.2, 0.25) is 70.9 Å². The number of benzene rings is 5. The smallest absolute Gasteiger partial charge is 0.326 e. The number of H-pyrrole nitrogens is 1. The monoisotopic (exact) mass is 1570 g/mol. The van der Waals surface area contributed by atoms with Crippen LogP contribution in [0.15, 0.2) is 134 Å². The lowest BCUT2D eigenvalue weighted by Gasteiger charge is -2.30. The molecule has 7 rings (SSSR count). The van der Waals surface area contributed by atoms with Crippen molar-refractivity contribution in [1.29, 1.82) is 0 Å². The third kappa shape index (κ3) is 27.2. The number of rotatable bonds is 43. The number of hydrogen-bond acceptors (Lipinski definition) is 20. The van der Waals surface area contributed by atoms with E-state index >= 15 is 0 Å². The number of aromatic hydroxyl groups is 3. The number of aliphatic carboxylic acids is 2. The summed E-state index contributed by atoms with van der Waals surface area (Å²) in [5.41, 5.74) is 15.3. The van der Waals surface area contributed by atoms with Gasteiger partial charge in [-0.2, -0.15) is 0 Å². The van der Waals surface area contributed by atoms with Gasteiger partial charge in [0.1, 0.15) is 77.7 Å². The second-order valence-corrected chi connectivity index (χ2v) is 27.6. The Morgan fingerprint density at radius 2 is 0.982 bits per heavy atom. The molecule has 0 unspecified atom stereocenters. The molecule has 2 heterocycles. The lowest BCUT2D eigenvalue weighted by Crippen LogP contribution is -2.62. The Morgan fingerprint density at radius 1 is 0.504 bits per heavy atom. The number of phenolic OH excluding ortho intramolecular Hbond substituents is 3. The van der Waals surface area contributed by atoms with Crippen LogP contribution in [0.25, 0.3) is 10.9 Å². The van der Waals surface area contributed by atoms with Crippen molar-refractivity contribution in [3.63, 3.8) is 0 Å². The van der Waals surface area contributed by atoms with Gasteiger partial charge in [0.25, 0.3) is 0 Å². The third-order valence-electron chi connectivity index (χ3n) is 19.0. The van der Waals surface area contributed by atoms with E-state index in [1.54, 1.807) is 68.6 Å². The van der Waals surface area contributed by atoms with Gasteiger partial charge in [0.15, 0.2) is 0 Å². The average molecular weight is 1570 g/mol. The van der Waals surface area contributed by atoms with Gasteiger partial charge in [-0.3, -0.25) is 62.3 Å². The summed E-state index contributed by atoms with van der Waals surface area (Å²) in [4.78, 5) is 197. The number of carbonyl (C=O) groups excluding carboxylic acids is 12. The molecule has 5 aromatic carbocycles. The number of carbonyl (C=O) groups is 14. The van der Waals surface area contributed by atoms with Crippen LogP contribution in [0.3, 0.4) is 0 Å². The summed E-state index contributed by atoms with van der Waals surface area (Å²) in [7, 11) is 0. The molecule has 0 radical (unpaired) electrons. The molecule has 113 heavy (non-hydrogen) atoms. The Bertz CT molecular complexity index is 4300. The molecule has 6 aromatic rings. The summed E-state index contributed by atoms with van der Waals surface area (Å²) in [6.07, 6.45) is 1.62. The number of aliphatic hydroxyl groups excluding tert-OH is 1. The summed E-state index contributed by atoms with van der Waals surface area (Å²) in [6, 6.07) is 16.8. The van der Waals surface area contributed by atoms with E-state index in [2.05, 4.69) is 63.5 Å². The first-order chi connectivity index (χ1) is 53.9. The number of carboxylic acids is 2. The first-order valence-corrected chi connectivity index (χ1v) is 36.9. The highest BCUT2D eigenvalue weighted by Gasteiger charge is 2.40. The molecule has 12 amide bonds. The van der Waals surface area contributed by atoms with Crippen molar-refractivity contribution in [2.45, 2.75) is 164 Å². The van der Waals surface area contributed by atoms with E-state index in [-0.39, 0.29) is 81.7 Å². The molecule has 0 bridgehead atoms. The molecule has 0 aliphatic carbocycles. The number of nitrogens with two attached hydrogens (primary N) is 2. The van der Waals surface area contributed by atoms with Crippen LogP contribution in [0.1, 0.15) is 93.5 Å². The number of aliphatic hydroxyl groups is 1. The third-order valence-corrected chi connectivity index (χ3v) is 19.0. The summed E-state index contributed by atoms with van der Waals surface area (Å²) >= 11 is 0. The molecule has 35 heteroatoms. The normalized spacial score (nSPS) is 15.4. The number of phenols is 3. The fourth-order valence-electron chi connectivity index (χ4n) is 12.5. The Morgan fingerprint density at radius 3 is 1.53 bits per heavy atom. The molecule has 0 saturated carbocycles. The molecule has 1 aliphatic heterocycles. The summed E-state index contributed by atoms with van der Waals surface area (Å²) in [5, 5.41) is 87.8. The minimum atomic E-state index is -1.88. The van der Waals surface area contributed by atoms with Gasteiger partial charge in [-0.25, -0.2) is 4.79 Å². The summed E-state index contributed by atoms with van der Waals surface area (Å²) in [5.74, 6) is -15.1. The SMILES string of the molecule is CC[C@H](C)[C@H](NC(=O)[C@H](Cc1ccccc1)NC(=O)[C@H](Cc1c[nH]c2ccccc12)NC(=O)[C@@H]1CCCN1C(=O)[C@@H](N)Cc1ccc(O)cc1)C(=O)N[C@@H](CO)C(=O)N[C@@H](Cc1ccc(O)cc1)C(=O)NCC(=O)NCC(=O)N[C@@H](C)C(=O)N[C@@H](CC(=O)O)C(=O)N[C@@H](Cc1ccc(O)cc1)C(=O)N[C@@H](CCCCN)C(=O)O. The van der Waals surface area contributed by atoms with Gasteiger partial charge in [-0.05, 0) is 128 Å². The number of aromatic amines is 1. The van der Waals surface area contributed by atoms with E-state index in [1.165, 1.54) is 65.6 Å². The molecule has 22 N–H and O–H groups in total. The Hall–Kier alpha value is -12.5. The second kappa shape index (κ2) is 43.2. The number of carboxylic acid groups (broad SMARTS) is 2. The molecule has 0 spiro atoms. The molecule has 1 aliphatic rings. The Labute approximate surface area is 650 Å². The zero-order chi connectivity index (χ0) is 82.4. The zero-order valence-electron chi connectivity index (χ0n) is 62.7. The molecule has 1 fully saturated rings. The van der Waals surface area contributed by atoms with Gasteiger partial charge < -0.3 is 110 Å². The van der Waals surface area contributed by atoms with Crippen LogP contribution < -0.4 is 70.0 Å². The van der Waals surface area contributed by atoms with Gasteiger partial charge in [-0.1, -0.05) is 105 Å². The number of para-hydroxylation sites is 1. The first-order valence-electron chi connectivity index (χ1n) is 36.9. The average Bonchev–Trinajstić information content (AvgIpc) is 1.72. The van der Waals surface area contributed by atoms with E-state index in [0.29, 0.717) is 47.1 Å². The van der Waals surface area contributed by atoms with Gasteiger partial charge >= 0.3 is 11.9 Å². The summed E-state index contributed by atoms with van der Waals surface area (Å²) in [6.45, 7) is 2.23. The maximum absolute atomic E-state index is 15.0. The van der Waals surface area contributed by atoms with Crippen molar-refractivity contribution in [1.82, 2.24) is 68.4 Å². The van der Waals surface area contributed by atoms with Crippen LogP contribution in [-0.4, -0.2) is 223 Å². The minimum Gasteiger partial charge on any atom is -0.508 e. The van der Waals surface area contributed by atoms with Crippen molar-refractivity contribution < 1.29 is 97.8 Å². The lowest BCUT2D eigenvalue weighted by atomic mass is 9.96. The highest BCUT2D eigenvalue weighted by molar-refractivity contribution is 6.00. The van der Waals surface area contributed by atoms with Crippen LogP contribution in [0.5, 0.6) is 17.2 Å². The highest BCUT2D eigenvalue weighted by atomic mass is 16.4. The van der Waals surface area contributed by atoms with E-state index in [4.69, 9.17) is 11.5 Å². The zero-order valence-corrected chi connectivity index (χ0v) is 62.7. The van der Waals surface area contributed by atoms with Gasteiger partial charge in [0.05, 0.1) is 32.2 Å². The number of fused-ring (bicyclic) bond motifs is 1. The molecular formula is C78H99N15O20. The van der Waals surface area contributed by atoms with Crippen molar-refractivity contribution >= 4 is 93.7 Å². The van der Waals surface area contributed by atoms with Crippen molar-refractivity contribution in [3.05, 3.63) is 161 Å². The topological polar surface area (TPSA) is 564 Å². The standard InChI is InChI=1S/C78H99N15O20/c1-4-43(2)67(92-73(107)59(34-45-13-6-5-7-14-45)89-71(105)60(37-49-39-81-55-16-9-8-15-53(49)55)90-75(109)63-18-12-32-93(63)77(111)54(80)33-46-19-25-50(95)26-20-46)76(110)91-62(42-94)74(108)87-57(35-47-21-27-51(96)28-22-47)69(103)83-40-64(98)82-41-65(99)84-44(3)68(102)86-61(38-66(100)101)72(106)88-58(36-48-23-29-52(97)30-24-48)70(104)85-56(78(112)113)17-10-11-31-79/h5-9,13-16,19-30,39,43-44,54,56-63,67,81,94-97H,4,10-12,17-18,31-38,40-42,79-80H2,1-3H3,(H,82,98)(H,83,103)(H,84,99)(H,85,104)(H,86,102)(H,87,108)(H,88,106)(H,89,105)(H,90,109)(H,91,110)(H,92,107)(H,100,101)(H,112,113)/t43-,44-,54-,56-,57-,58-,59-,60-,61-,62-,63-,67-/m0/s1. The number of amides is 12. The largest absolute Gasteiger partial charge is 0.508 e. The number of aromatic nitrogens is 1. The van der Waals surface area contributed by atoms with E-state index in [0.717, 1.165) is 17.8 Å². The van der Waals surface area contributed by atoms with Crippen LogP contribution >= 0.6 is 0 Å². The van der Waals surface area contributed by atoms with Crippen molar-refractivity contribution in [2.75, 3.05) is 32.8 Å². The fraction of sp³-hybridized carbons (Fsp3) is 0.410. The second-order valence-electron chi connectivity index (χ2n) is 27.6. The lowest BCUT2D eigenvalue weighted by molar-refractivity contribution is -0.143. The van der Waals surface area contributed by atoms with E-state index in [9.17, 15) is 97.8 Å². The first kappa shape index (κ1) is 87.7. The maximum Gasteiger partial charge on any atom is 0.326 e. The quantitative estimate of drug-likeness (QED) is 0.0193. The number of hydrogen-bond donors (Lipinski definition) is 20. The van der Waals surface area contributed by atoms with Crippen molar-refractivity contribution in [3.8, 4) is 17.2 Å². The Balaban J connectivity index is 0.985. The van der Waals surface area contributed by atoms with Crippen LogP contribution in [0.2, 0.25) is 0 Å². The number of likely N-dealkylation sites (tertiary alicyclic amines) is 1. The highest BCUT2D eigenvalue weighted by Crippen LogP contribution is 2.24. The van der Waals surface area contributed by atoms with Crippen LogP contribution in [-0.2, 0) is 99.2 Å². The minimum absolute atomic E-state index is 0.0209. The number of unbranched alkanes of at least 4 members (excludes halogenated alkanes) is 1. The fourth-order valence-corrected chi connectivity index (χ4v) is 12.5. The van der Waals surface area contributed by atoms with E-state index < -0.39 is 181 Å². The van der Waals surface area contributed by atoms with E-state index in [1.807, 2.05) is 18.2 Å². The van der Waals surface area contributed by atoms with Gasteiger partial charge in [0, 0.05) is 49.3 Å². The summed E-state index contributed by atoms with van der Waals surface area (Å²) < 4.78 is 0. The number of nitrogens with zero attached hydrogens (tertiary/aromatic N) is 1. The molecule has 35 nitrogen and oxygen atoms in total.